The van der Waals surface area contributed by atoms with Crippen molar-refractivity contribution in [3.8, 4) is 5.75 Å². The predicted molar refractivity (Wildman–Crippen MR) is 103 cm³/mol. The van der Waals surface area contributed by atoms with E-state index < -0.39 is 0 Å². The summed E-state index contributed by atoms with van der Waals surface area (Å²) in [7, 11) is 1.67. The number of aromatic amines is 1. The lowest BCUT2D eigenvalue weighted by Gasteiger charge is -2.21. The first-order valence-corrected chi connectivity index (χ1v) is 9.42. The summed E-state index contributed by atoms with van der Waals surface area (Å²) < 4.78 is 10.8. The zero-order valence-corrected chi connectivity index (χ0v) is 15.2. The minimum atomic E-state index is 0.0522. The molecule has 4 heteroatoms. The molecule has 2 fully saturated rings. The Bertz CT molecular complexity index is 840. The van der Waals surface area contributed by atoms with Gasteiger partial charge in [0.2, 0.25) is 0 Å². The molecule has 0 radical (unpaired) electrons. The number of hydrogen-bond donors (Lipinski definition) is 1. The molecular formula is C22H25NO3. The SMILES string of the molecule is COc1ccc(/C(=C\C2CCOCC2)c2ccc(C3CC3)c(=O)[nH]2)cc1. The van der Waals surface area contributed by atoms with Crippen LogP contribution in [0.2, 0.25) is 0 Å². The molecule has 0 amide bonds. The second-order valence-corrected chi connectivity index (χ2v) is 7.19. The van der Waals surface area contributed by atoms with Crippen LogP contribution in [0.25, 0.3) is 5.57 Å². The highest BCUT2D eigenvalue weighted by Crippen LogP contribution is 2.38. The number of ether oxygens (including phenoxy) is 2. The standard InChI is InChI=1S/C22H25NO3/c1-25-18-6-4-17(5-7-18)20(14-15-10-12-26-13-11-15)21-9-8-19(16-2-3-16)22(24)23-21/h4-9,14-16H,2-3,10-13H2,1H3,(H,23,24)/b20-14+. The number of H-pyrrole nitrogens is 1. The van der Waals surface area contributed by atoms with Gasteiger partial charge in [0.1, 0.15) is 5.75 Å². The summed E-state index contributed by atoms with van der Waals surface area (Å²) in [5.41, 5.74) is 4.03. The molecule has 1 saturated carbocycles. The highest BCUT2D eigenvalue weighted by Gasteiger charge is 2.26. The number of aromatic nitrogens is 1. The molecule has 1 aromatic carbocycles. The lowest BCUT2D eigenvalue weighted by Crippen LogP contribution is -2.16. The number of methoxy groups -OCH3 is 1. The van der Waals surface area contributed by atoms with Gasteiger partial charge in [-0.1, -0.05) is 24.3 Å². The Morgan fingerprint density at radius 3 is 2.42 bits per heavy atom. The van der Waals surface area contributed by atoms with Crippen molar-refractivity contribution in [1.29, 1.82) is 0 Å². The van der Waals surface area contributed by atoms with E-state index in [2.05, 4.69) is 29.3 Å². The Morgan fingerprint density at radius 2 is 1.81 bits per heavy atom. The van der Waals surface area contributed by atoms with Crippen LogP contribution in [0.5, 0.6) is 5.75 Å². The van der Waals surface area contributed by atoms with Crippen LogP contribution >= 0.6 is 0 Å². The molecule has 4 nitrogen and oxygen atoms in total. The van der Waals surface area contributed by atoms with E-state index in [1.165, 1.54) is 0 Å². The summed E-state index contributed by atoms with van der Waals surface area (Å²) in [6.07, 6.45) is 6.60. The van der Waals surface area contributed by atoms with E-state index in [0.717, 1.165) is 67.0 Å². The Labute approximate surface area is 153 Å². The zero-order chi connectivity index (χ0) is 17.9. The first-order valence-electron chi connectivity index (χ1n) is 9.42. The lowest BCUT2D eigenvalue weighted by atomic mass is 9.92. The summed E-state index contributed by atoms with van der Waals surface area (Å²) in [4.78, 5) is 15.7. The predicted octanol–water partition coefficient (Wildman–Crippen LogP) is 4.12. The molecule has 1 saturated heterocycles. The Kier molecular flexibility index (Phi) is 4.93. The van der Waals surface area contributed by atoms with Crippen molar-refractivity contribution in [3.63, 3.8) is 0 Å². The van der Waals surface area contributed by atoms with Gasteiger partial charge in [-0.15, -0.1) is 0 Å². The average molecular weight is 351 g/mol. The lowest BCUT2D eigenvalue weighted by molar-refractivity contribution is 0.0786. The topological polar surface area (TPSA) is 51.3 Å². The maximum absolute atomic E-state index is 12.5. The summed E-state index contributed by atoms with van der Waals surface area (Å²) in [5, 5.41) is 0. The number of benzene rings is 1. The van der Waals surface area contributed by atoms with Crippen LogP contribution in [0.1, 0.15) is 48.4 Å². The molecule has 0 bridgehead atoms. The van der Waals surface area contributed by atoms with Crippen LogP contribution in [0.15, 0.2) is 47.3 Å². The van der Waals surface area contributed by atoms with Crippen molar-refractivity contribution in [2.24, 2.45) is 5.92 Å². The zero-order valence-electron chi connectivity index (χ0n) is 15.2. The number of hydrogen-bond acceptors (Lipinski definition) is 3. The molecule has 0 atom stereocenters. The van der Waals surface area contributed by atoms with Gasteiger partial charge in [-0.3, -0.25) is 4.79 Å². The summed E-state index contributed by atoms with van der Waals surface area (Å²) >= 11 is 0. The molecule has 2 aliphatic rings. The minimum absolute atomic E-state index is 0.0522. The molecule has 1 aliphatic carbocycles. The van der Waals surface area contributed by atoms with Gasteiger partial charge in [0.05, 0.1) is 7.11 Å². The number of nitrogens with one attached hydrogen (secondary N) is 1. The van der Waals surface area contributed by atoms with Crippen LogP contribution in [0.3, 0.4) is 0 Å². The normalized spacial score (nSPS) is 18.7. The maximum atomic E-state index is 12.5. The average Bonchev–Trinajstić information content (AvgIpc) is 3.52. The van der Waals surface area contributed by atoms with E-state index in [-0.39, 0.29) is 5.56 Å². The van der Waals surface area contributed by atoms with Gasteiger partial charge in [0.15, 0.2) is 0 Å². The Balaban J connectivity index is 1.72. The molecule has 26 heavy (non-hydrogen) atoms. The van der Waals surface area contributed by atoms with E-state index in [1.54, 1.807) is 7.11 Å². The van der Waals surface area contributed by atoms with Gasteiger partial charge in [0, 0.05) is 30.0 Å². The Hall–Kier alpha value is -2.33. The van der Waals surface area contributed by atoms with Crippen LogP contribution in [-0.2, 0) is 4.74 Å². The molecule has 1 aromatic heterocycles. The molecule has 1 aliphatic heterocycles. The largest absolute Gasteiger partial charge is 0.497 e. The molecule has 0 unspecified atom stereocenters. The first kappa shape index (κ1) is 17.1. The maximum Gasteiger partial charge on any atom is 0.251 e. The monoisotopic (exact) mass is 351 g/mol. The molecule has 1 N–H and O–H groups in total. The minimum Gasteiger partial charge on any atom is -0.497 e. The molecule has 0 spiro atoms. The molecule has 2 aromatic rings. The van der Waals surface area contributed by atoms with Gasteiger partial charge >= 0.3 is 0 Å². The van der Waals surface area contributed by atoms with Gasteiger partial charge in [0.25, 0.3) is 5.56 Å². The fourth-order valence-electron chi connectivity index (χ4n) is 3.59. The van der Waals surface area contributed by atoms with Gasteiger partial charge in [-0.05, 0) is 61.3 Å². The molecular weight excluding hydrogens is 326 g/mol. The third-order valence-corrected chi connectivity index (χ3v) is 5.32. The Morgan fingerprint density at radius 1 is 1.08 bits per heavy atom. The summed E-state index contributed by atoms with van der Waals surface area (Å²) in [6, 6.07) is 12.1. The van der Waals surface area contributed by atoms with E-state index in [1.807, 2.05) is 18.2 Å². The van der Waals surface area contributed by atoms with E-state index in [4.69, 9.17) is 9.47 Å². The van der Waals surface area contributed by atoms with Gasteiger partial charge in [-0.2, -0.15) is 0 Å². The van der Waals surface area contributed by atoms with Gasteiger partial charge in [-0.25, -0.2) is 0 Å². The number of rotatable bonds is 5. The molecule has 4 rings (SSSR count). The van der Waals surface area contributed by atoms with Crippen LogP contribution in [0.4, 0.5) is 0 Å². The second-order valence-electron chi connectivity index (χ2n) is 7.19. The van der Waals surface area contributed by atoms with Crippen molar-refractivity contribution in [1.82, 2.24) is 4.98 Å². The highest BCUT2D eigenvalue weighted by atomic mass is 16.5. The van der Waals surface area contributed by atoms with Gasteiger partial charge < -0.3 is 14.5 Å². The third kappa shape index (κ3) is 3.75. The first-order chi connectivity index (χ1) is 12.7. The fraction of sp³-hybridized carbons (Fsp3) is 0.409. The van der Waals surface area contributed by atoms with Crippen molar-refractivity contribution >= 4 is 5.57 Å². The van der Waals surface area contributed by atoms with E-state index >= 15 is 0 Å². The van der Waals surface area contributed by atoms with E-state index in [9.17, 15) is 4.79 Å². The summed E-state index contributed by atoms with van der Waals surface area (Å²) in [5.74, 6) is 1.75. The molecule has 136 valence electrons. The van der Waals surface area contributed by atoms with Crippen molar-refractivity contribution in [2.45, 2.75) is 31.6 Å². The van der Waals surface area contributed by atoms with Crippen molar-refractivity contribution in [3.05, 3.63) is 69.6 Å². The van der Waals surface area contributed by atoms with Crippen molar-refractivity contribution in [2.75, 3.05) is 20.3 Å². The van der Waals surface area contributed by atoms with Crippen LogP contribution in [0, 0.1) is 5.92 Å². The highest BCUT2D eigenvalue weighted by molar-refractivity contribution is 5.78. The number of allylic oxidation sites excluding steroid dienone is 1. The molecule has 2 heterocycles. The fourth-order valence-corrected chi connectivity index (χ4v) is 3.59. The smallest absolute Gasteiger partial charge is 0.251 e. The quantitative estimate of drug-likeness (QED) is 0.882. The number of pyridine rings is 1. The van der Waals surface area contributed by atoms with Crippen LogP contribution < -0.4 is 10.3 Å². The summed E-state index contributed by atoms with van der Waals surface area (Å²) in [6.45, 7) is 1.60. The van der Waals surface area contributed by atoms with Crippen molar-refractivity contribution < 1.29 is 9.47 Å². The van der Waals surface area contributed by atoms with Crippen LogP contribution in [-0.4, -0.2) is 25.3 Å². The third-order valence-electron chi connectivity index (χ3n) is 5.32. The van der Waals surface area contributed by atoms with E-state index in [0.29, 0.717) is 11.8 Å². The second kappa shape index (κ2) is 7.50.